The van der Waals surface area contributed by atoms with E-state index in [9.17, 15) is 24.3 Å². The summed E-state index contributed by atoms with van der Waals surface area (Å²) in [6.07, 6.45) is 9.30. The highest BCUT2D eigenvalue weighted by Crippen LogP contribution is 2.78. The smallest absolute Gasteiger partial charge is 0.481 e. The van der Waals surface area contributed by atoms with Crippen molar-refractivity contribution in [3.63, 3.8) is 0 Å². The number of ketones is 1. The van der Waals surface area contributed by atoms with Crippen LogP contribution in [-0.2, 0) is 25.7 Å². The van der Waals surface area contributed by atoms with Gasteiger partial charge in [-0.2, -0.15) is 0 Å². The molecule has 11 heteroatoms. The third kappa shape index (κ3) is 4.70. The summed E-state index contributed by atoms with van der Waals surface area (Å²) in [6, 6.07) is 0. The Morgan fingerprint density at radius 1 is 0.980 bits per heavy atom. The molecule has 11 nitrogen and oxygen atoms in total. The van der Waals surface area contributed by atoms with E-state index in [0.29, 0.717) is 50.3 Å². The number of unbranched alkanes of at least 4 members (excludes halogenated alkanes) is 1. The highest BCUT2D eigenvalue weighted by Gasteiger charge is 2.81. The summed E-state index contributed by atoms with van der Waals surface area (Å²) in [7, 11) is 0. The monoisotopic (exact) mass is 708 g/mol. The van der Waals surface area contributed by atoms with E-state index < -0.39 is 45.8 Å². The van der Waals surface area contributed by atoms with Crippen LogP contribution in [0.3, 0.4) is 0 Å². The largest absolute Gasteiger partial charge is 0.519 e. The Kier molecular flexibility index (Phi) is 8.16. The fourth-order valence-electron chi connectivity index (χ4n) is 12.3. The number of carbonyl (C=O) groups excluding carboxylic acids is 2. The van der Waals surface area contributed by atoms with Crippen molar-refractivity contribution in [3.8, 4) is 0 Å². The number of nitrogens with one attached hydrogen (secondary N) is 1. The number of carboxylic acid groups (broad SMARTS) is 1. The lowest BCUT2D eigenvalue weighted by Gasteiger charge is -2.75. The van der Waals surface area contributed by atoms with E-state index in [4.69, 9.17) is 23.3 Å². The molecule has 7 rings (SSSR count). The van der Waals surface area contributed by atoms with Gasteiger partial charge in [0, 0.05) is 17.9 Å². The maximum Gasteiger partial charge on any atom is 0.519 e. The van der Waals surface area contributed by atoms with E-state index in [1.165, 1.54) is 0 Å². The first-order valence-corrected chi connectivity index (χ1v) is 19.1. The summed E-state index contributed by atoms with van der Waals surface area (Å²) in [5, 5.41) is 13.2. The quantitative estimate of drug-likeness (QED) is 0.273. The van der Waals surface area contributed by atoms with Crippen LogP contribution in [0.5, 0.6) is 0 Å². The van der Waals surface area contributed by atoms with E-state index in [2.05, 4.69) is 46.9 Å². The van der Waals surface area contributed by atoms with Gasteiger partial charge in [-0.3, -0.25) is 9.59 Å². The van der Waals surface area contributed by atoms with Crippen LogP contribution in [0.25, 0.3) is 0 Å². The zero-order valence-corrected chi connectivity index (χ0v) is 31.7. The minimum atomic E-state index is -0.843. The average molecular weight is 709 g/mol. The molecule has 0 saturated heterocycles. The molecule has 1 aromatic heterocycles. The Labute approximate surface area is 300 Å². The number of rotatable bonds is 7. The zero-order chi connectivity index (χ0) is 37.0. The van der Waals surface area contributed by atoms with Gasteiger partial charge in [0.2, 0.25) is 0 Å². The first kappa shape index (κ1) is 36.0. The first-order valence-electron chi connectivity index (χ1n) is 19.1. The van der Waals surface area contributed by atoms with Crippen LogP contribution < -0.4 is 11.1 Å². The van der Waals surface area contributed by atoms with Crippen LogP contribution in [0.2, 0.25) is 0 Å². The van der Waals surface area contributed by atoms with Crippen molar-refractivity contribution in [2.24, 2.45) is 49.3 Å². The predicted molar refractivity (Wildman–Crippen MR) is 188 cm³/mol. The molecule has 6 aliphatic rings. The van der Waals surface area contributed by atoms with Crippen molar-refractivity contribution in [1.82, 2.24) is 5.32 Å². The fourth-order valence-corrected chi connectivity index (χ4v) is 12.3. The molecule has 0 radical (unpaired) electrons. The van der Waals surface area contributed by atoms with Gasteiger partial charge in [0.15, 0.2) is 29.8 Å². The second-order valence-electron chi connectivity index (χ2n) is 18.3. The van der Waals surface area contributed by atoms with Gasteiger partial charge in [0.25, 0.3) is 0 Å². The number of alkyl carbamates (subject to hydrolysis) is 1. The molecule has 51 heavy (non-hydrogen) atoms. The third-order valence-corrected chi connectivity index (χ3v) is 15.9. The van der Waals surface area contributed by atoms with Gasteiger partial charge < -0.3 is 28.7 Å². The van der Waals surface area contributed by atoms with E-state index in [0.717, 1.165) is 44.1 Å². The van der Waals surface area contributed by atoms with Crippen LogP contribution in [0.1, 0.15) is 131 Å². The number of fused-ring (bicyclic) bond motifs is 6. The fraction of sp³-hybridized carbons (Fsp3) is 0.775. The second kappa shape index (κ2) is 11.6. The van der Waals surface area contributed by atoms with Crippen molar-refractivity contribution in [1.29, 1.82) is 0 Å². The number of hydrogen-bond acceptors (Lipinski definition) is 9. The van der Waals surface area contributed by atoms with Gasteiger partial charge in [-0.05, 0) is 113 Å². The Morgan fingerprint density at radius 3 is 2.37 bits per heavy atom. The number of aryl methyl sites for hydroxylation is 1. The van der Waals surface area contributed by atoms with Crippen LogP contribution in [0.15, 0.2) is 30.3 Å². The van der Waals surface area contributed by atoms with Crippen molar-refractivity contribution in [3.05, 3.63) is 33.8 Å². The molecule has 4 saturated carbocycles. The third-order valence-electron chi connectivity index (χ3n) is 15.9. The molecule has 1 amide bonds. The molecule has 4 fully saturated rings. The van der Waals surface area contributed by atoms with E-state index in [1.807, 2.05) is 13.0 Å². The van der Waals surface area contributed by atoms with Gasteiger partial charge in [-0.25, -0.2) is 14.6 Å². The molecule has 0 unspecified atom stereocenters. The summed E-state index contributed by atoms with van der Waals surface area (Å²) in [4.78, 5) is 57.7. The number of nitrogens with zero attached hydrogens (tertiary/aromatic N) is 1. The Hall–Kier alpha value is -3.37. The minimum absolute atomic E-state index is 0.0327. The van der Waals surface area contributed by atoms with Crippen LogP contribution >= 0.6 is 0 Å². The van der Waals surface area contributed by atoms with Crippen molar-refractivity contribution in [2.75, 3.05) is 6.54 Å². The Morgan fingerprint density at radius 2 is 1.71 bits per heavy atom. The molecule has 1 aliphatic heterocycles. The molecular weight excluding hydrogens is 652 g/mol. The van der Waals surface area contributed by atoms with Crippen LogP contribution in [0, 0.1) is 51.2 Å². The van der Waals surface area contributed by atoms with E-state index in [1.54, 1.807) is 6.92 Å². The molecular formula is C40H56N2O9. The minimum Gasteiger partial charge on any atom is -0.481 e. The SMILES string of the molecule is CCCCNC(=O)O[C@H]1CC[C@]2(C)[C@H]3C(=O)C=C4[C@@H]5C[C@@](C)(C(=O)O)CC[C@]5(C)CC[C@@]4(C)[C@]3(C)CC[C@]23N=C(OCc2oc(=O)oc2C)[C@]13C. The van der Waals surface area contributed by atoms with Crippen LogP contribution in [-0.4, -0.2) is 47.0 Å². The summed E-state index contributed by atoms with van der Waals surface area (Å²) in [5.74, 6) is -0.714. The molecule has 5 aliphatic carbocycles. The molecule has 1 aromatic rings. The molecule has 10 atom stereocenters. The number of allylic oxidation sites excluding steroid dienone is 2. The highest BCUT2D eigenvalue weighted by molar-refractivity contribution is 5.98. The molecule has 2 heterocycles. The van der Waals surface area contributed by atoms with Crippen molar-refractivity contribution in [2.45, 2.75) is 144 Å². The summed E-state index contributed by atoms with van der Waals surface area (Å²) in [5.41, 5.74) is -2.53. The maximum absolute atomic E-state index is 15.0. The van der Waals surface area contributed by atoms with Gasteiger partial charge in [0.1, 0.15) is 11.5 Å². The average Bonchev–Trinajstić information content (AvgIpc) is 3.39. The van der Waals surface area contributed by atoms with Gasteiger partial charge in [-0.1, -0.05) is 46.6 Å². The zero-order valence-electron chi connectivity index (χ0n) is 31.7. The number of ether oxygens (including phenoxy) is 2. The van der Waals surface area contributed by atoms with Crippen LogP contribution in [0.4, 0.5) is 4.79 Å². The van der Waals surface area contributed by atoms with E-state index >= 15 is 0 Å². The number of hydrogen-bond donors (Lipinski definition) is 2. The predicted octanol–water partition coefficient (Wildman–Crippen LogP) is 7.53. The van der Waals surface area contributed by atoms with Crippen molar-refractivity contribution >= 4 is 23.7 Å². The molecule has 0 bridgehead atoms. The molecule has 280 valence electrons. The number of aliphatic imine (C=N–C) groups is 1. The van der Waals surface area contributed by atoms with Crippen molar-refractivity contribution < 1.29 is 37.8 Å². The van der Waals surface area contributed by atoms with Gasteiger partial charge in [0.05, 0.1) is 11.0 Å². The highest BCUT2D eigenvalue weighted by atomic mass is 16.6. The lowest BCUT2D eigenvalue weighted by Crippen LogP contribution is -2.80. The normalized spacial score (nSPS) is 43.8. The second-order valence-corrected chi connectivity index (χ2v) is 18.3. The first-order chi connectivity index (χ1) is 23.8. The Bertz CT molecular complexity index is 1780. The molecule has 1 spiro atoms. The number of carboxylic acids is 1. The summed E-state index contributed by atoms with van der Waals surface area (Å²) in [6.45, 7) is 17.3. The lowest BCUT2D eigenvalue weighted by molar-refractivity contribution is -0.215. The van der Waals surface area contributed by atoms with E-state index in [-0.39, 0.29) is 46.2 Å². The van der Waals surface area contributed by atoms with Gasteiger partial charge in [-0.15, -0.1) is 0 Å². The summed E-state index contributed by atoms with van der Waals surface area (Å²) < 4.78 is 22.8. The number of amides is 1. The topological polar surface area (TPSA) is 158 Å². The lowest BCUT2D eigenvalue weighted by atomic mass is 9.30. The maximum atomic E-state index is 15.0. The standard InChI is InChI=1S/C40H56N2O9/c1-9-10-19-41-32(46)51-28-11-12-38(7)29-26(43)20-24-25-21-35(4,31(44)45)14-13-34(25,3)15-16-36(24,5)37(29,6)17-18-40(38)39(28,8)30(42-40)48-22-27-23(2)49-33(47)50-27/h20,25,28-29H,9-19,21-22H2,1-8H3,(H,41,46)(H,44,45)/t25-,28-,29-,34+,35-,36+,37+,38+,39-,40-/m0/s1. The number of aliphatic carboxylic acids is 1. The Balaban J connectivity index is 1.28. The molecule has 0 aromatic carbocycles. The van der Waals surface area contributed by atoms with Gasteiger partial charge >= 0.3 is 17.9 Å². The number of carbonyl (C=O) groups is 3. The summed E-state index contributed by atoms with van der Waals surface area (Å²) >= 11 is 0. The molecule has 2 N–H and O–H groups in total.